The summed E-state index contributed by atoms with van der Waals surface area (Å²) in [4.78, 5) is 9.07. The van der Waals surface area contributed by atoms with Crippen LogP contribution in [0.25, 0.3) is 11.4 Å². The molecule has 1 aliphatic heterocycles. The number of rotatable bonds is 2. The Labute approximate surface area is 150 Å². The van der Waals surface area contributed by atoms with Crippen molar-refractivity contribution in [2.24, 2.45) is 4.99 Å². The lowest BCUT2D eigenvalue weighted by Gasteiger charge is -2.22. The summed E-state index contributed by atoms with van der Waals surface area (Å²) in [7, 11) is 0. The molecule has 130 valence electrons. The van der Waals surface area contributed by atoms with Crippen LogP contribution >= 0.6 is 0 Å². The van der Waals surface area contributed by atoms with Gasteiger partial charge in [-0.15, -0.1) is 0 Å². The first-order chi connectivity index (χ1) is 12.8. The van der Waals surface area contributed by atoms with Crippen LogP contribution in [0.3, 0.4) is 0 Å². The molecule has 2 aromatic carbocycles. The Bertz CT molecular complexity index is 1010. The molecule has 0 bridgehead atoms. The molecular weight excluding hydrogens is 328 g/mol. The van der Waals surface area contributed by atoms with E-state index in [1.807, 2.05) is 18.2 Å². The Hall–Kier alpha value is -3.15. The lowest BCUT2D eigenvalue weighted by atomic mass is 10.1. The number of aryl methyl sites for hydroxylation is 2. The van der Waals surface area contributed by atoms with Crippen molar-refractivity contribution in [1.29, 1.82) is 0 Å². The van der Waals surface area contributed by atoms with E-state index in [2.05, 4.69) is 39.7 Å². The van der Waals surface area contributed by atoms with E-state index in [-0.39, 0.29) is 6.04 Å². The normalized spacial score (nSPS) is 19.6. The van der Waals surface area contributed by atoms with Crippen LogP contribution in [0.4, 0.5) is 5.69 Å². The molecule has 1 aromatic heterocycles. The highest BCUT2D eigenvalue weighted by molar-refractivity contribution is 5.92. The topological polar surface area (TPSA) is 72.5 Å². The number of benzene rings is 2. The summed E-state index contributed by atoms with van der Waals surface area (Å²) in [5.74, 6) is 1.14. The van der Waals surface area contributed by atoms with Gasteiger partial charge in [0.05, 0.1) is 6.04 Å². The van der Waals surface area contributed by atoms with Gasteiger partial charge in [0.15, 0.2) is 0 Å². The number of amidine groups is 1. The van der Waals surface area contributed by atoms with Gasteiger partial charge in [0.1, 0.15) is 6.61 Å². The molecule has 3 aromatic rings. The number of hydrogen-bond donors (Lipinski definition) is 1. The van der Waals surface area contributed by atoms with Gasteiger partial charge in [0.25, 0.3) is 6.02 Å². The molecule has 1 atom stereocenters. The van der Waals surface area contributed by atoms with Crippen molar-refractivity contribution in [3.8, 4) is 11.4 Å². The van der Waals surface area contributed by atoms with E-state index in [4.69, 9.17) is 14.3 Å². The Morgan fingerprint density at radius 2 is 2.08 bits per heavy atom. The average molecular weight is 346 g/mol. The van der Waals surface area contributed by atoms with Crippen molar-refractivity contribution in [1.82, 2.24) is 10.1 Å². The molecular formula is C20H18N4O2. The maximum Gasteiger partial charge on any atom is 0.290 e. The monoisotopic (exact) mass is 346 g/mol. The standard InChI is InChI=1S/C20H18N4O2/c1-12-21-19(24-26-12)14-7-8-17-15(10-14)11-25-20(22-17)23-18-9-6-13-4-2-3-5-16(13)18/h2-5,7-8,10,18H,6,9,11H2,1H3,(H,22,23). The maximum absolute atomic E-state index is 5.85. The van der Waals surface area contributed by atoms with Crippen LogP contribution < -0.4 is 5.32 Å². The Kier molecular flexibility index (Phi) is 3.48. The van der Waals surface area contributed by atoms with Gasteiger partial charge in [-0.3, -0.25) is 0 Å². The zero-order valence-corrected chi connectivity index (χ0v) is 14.4. The minimum absolute atomic E-state index is 0.164. The van der Waals surface area contributed by atoms with Gasteiger partial charge in [-0.1, -0.05) is 29.4 Å². The number of nitrogens with one attached hydrogen (secondary N) is 1. The summed E-state index contributed by atoms with van der Waals surface area (Å²) in [6.07, 6.45) is 2.10. The number of aromatic nitrogens is 2. The molecule has 0 saturated heterocycles. The first kappa shape index (κ1) is 15.1. The zero-order valence-electron chi connectivity index (χ0n) is 14.4. The first-order valence-corrected chi connectivity index (χ1v) is 8.75. The molecule has 1 unspecified atom stereocenters. The molecule has 0 amide bonds. The fourth-order valence-electron chi connectivity index (χ4n) is 3.57. The van der Waals surface area contributed by atoms with E-state index in [0.717, 1.165) is 29.7 Å². The van der Waals surface area contributed by atoms with E-state index >= 15 is 0 Å². The van der Waals surface area contributed by atoms with Crippen molar-refractivity contribution in [2.45, 2.75) is 32.4 Å². The number of fused-ring (bicyclic) bond motifs is 2. The average Bonchev–Trinajstić information content (AvgIpc) is 3.28. The van der Waals surface area contributed by atoms with Crippen LogP contribution in [0.15, 0.2) is 52.0 Å². The largest absolute Gasteiger partial charge is 0.460 e. The van der Waals surface area contributed by atoms with Crippen molar-refractivity contribution in [3.05, 3.63) is 65.0 Å². The number of hydrogen-bond acceptors (Lipinski definition) is 5. The Morgan fingerprint density at radius 1 is 1.15 bits per heavy atom. The highest BCUT2D eigenvalue weighted by Crippen LogP contribution is 2.35. The summed E-state index contributed by atoms with van der Waals surface area (Å²) < 4.78 is 10.9. The van der Waals surface area contributed by atoms with Crippen molar-refractivity contribution in [2.75, 3.05) is 5.32 Å². The fraction of sp³-hybridized carbons (Fsp3) is 0.250. The second-order valence-electron chi connectivity index (χ2n) is 6.61. The Balaban J connectivity index is 1.39. The van der Waals surface area contributed by atoms with E-state index in [0.29, 0.717) is 24.3 Å². The van der Waals surface area contributed by atoms with Crippen LogP contribution in [0.5, 0.6) is 0 Å². The summed E-state index contributed by atoms with van der Waals surface area (Å²) in [6.45, 7) is 2.25. The molecule has 5 rings (SSSR count). The van der Waals surface area contributed by atoms with E-state index < -0.39 is 0 Å². The van der Waals surface area contributed by atoms with Gasteiger partial charge in [-0.25, -0.2) is 4.99 Å². The van der Waals surface area contributed by atoms with Gasteiger partial charge in [-0.2, -0.15) is 4.98 Å². The predicted octanol–water partition coefficient (Wildman–Crippen LogP) is 4.03. The van der Waals surface area contributed by atoms with Crippen LogP contribution in [0, 0.1) is 6.92 Å². The molecule has 0 saturated carbocycles. The van der Waals surface area contributed by atoms with Crippen LogP contribution in [0.2, 0.25) is 0 Å². The third-order valence-corrected chi connectivity index (χ3v) is 4.87. The van der Waals surface area contributed by atoms with Crippen LogP contribution in [-0.2, 0) is 17.8 Å². The van der Waals surface area contributed by atoms with Gasteiger partial charge in [0.2, 0.25) is 11.7 Å². The molecule has 1 aliphatic carbocycles. The molecule has 26 heavy (non-hydrogen) atoms. The van der Waals surface area contributed by atoms with E-state index in [1.165, 1.54) is 11.1 Å². The third kappa shape index (κ3) is 2.63. The lowest BCUT2D eigenvalue weighted by molar-refractivity contribution is 0.282. The minimum atomic E-state index is 0.164. The minimum Gasteiger partial charge on any atom is -0.460 e. The molecule has 1 N–H and O–H groups in total. The molecule has 0 fully saturated rings. The van der Waals surface area contributed by atoms with Crippen molar-refractivity contribution >= 4 is 11.7 Å². The summed E-state index contributed by atoms with van der Waals surface area (Å²) in [5, 5.41) is 7.27. The first-order valence-electron chi connectivity index (χ1n) is 8.75. The quantitative estimate of drug-likeness (QED) is 0.758. The molecule has 2 aliphatic rings. The van der Waals surface area contributed by atoms with Crippen LogP contribution in [-0.4, -0.2) is 16.2 Å². The van der Waals surface area contributed by atoms with Gasteiger partial charge in [-0.05, 0) is 42.2 Å². The third-order valence-electron chi connectivity index (χ3n) is 4.87. The fourth-order valence-corrected chi connectivity index (χ4v) is 3.57. The van der Waals surface area contributed by atoms with Crippen LogP contribution in [0.1, 0.15) is 35.0 Å². The van der Waals surface area contributed by atoms with Gasteiger partial charge >= 0.3 is 0 Å². The van der Waals surface area contributed by atoms with Gasteiger partial charge < -0.3 is 14.6 Å². The number of anilines is 1. The molecule has 6 nitrogen and oxygen atoms in total. The number of ether oxygens (including phenoxy) is 1. The zero-order chi connectivity index (χ0) is 17.5. The highest BCUT2D eigenvalue weighted by atomic mass is 16.5. The number of nitrogens with zero attached hydrogens (tertiary/aromatic N) is 3. The molecule has 2 heterocycles. The second kappa shape index (κ2) is 5.98. The SMILES string of the molecule is Cc1nc(-c2ccc3c(c2)COC(=NC2CCc4ccccc42)N3)no1. The predicted molar refractivity (Wildman–Crippen MR) is 97.8 cm³/mol. The summed E-state index contributed by atoms with van der Waals surface area (Å²) >= 11 is 0. The van der Waals surface area contributed by atoms with E-state index in [9.17, 15) is 0 Å². The van der Waals surface area contributed by atoms with Crippen molar-refractivity contribution < 1.29 is 9.26 Å². The Morgan fingerprint density at radius 3 is 2.96 bits per heavy atom. The van der Waals surface area contributed by atoms with Crippen molar-refractivity contribution in [3.63, 3.8) is 0 Å². The lowest BCUT2D eigenvalue weighted by Crippen LogP contribution is -2.23. The molecule has 6 heteroatoms. The smallest absolute Gasteiger partial charge is 0.290 e. The van der Waals surface area contributed by atoms with Gasteiger partial charge in [0, 0.05) is 23.7 Å². The van der Waals surface area contributed by atoms with E-state index in [1.54, 1.807) is 6.92 Å². The molecule has 0 radical (unpaired) electrons. The molecule has 0 spiro atoms. The summed E-state index contributed by atoms with van der Waals surface area (Å²) in [6, 6.07) is 15.3. The summed E-state index contributed by atoms with van der Waals surface area (Å²) in [5.41, 5.74) is 5.66. The highest BCUT2D eigenvalue weighted by Gasteiger charge is 2.24. The second-order valence-corrected chi connectivity index (χ2v) is 6.61. The maximum atomic E-state index is 5.85. The number of aliphatic imine (C=N–C) groups is 1.